The van der Waals surface area contributed by atoms with E-state index in [1.807, 2.05) is 38.1 Å². The maximum absolute atomic E-state index is 11.8. The van der Waals surface area contributed by atoms with Gasteiger partial charge in [0.05, 0.1) is 19.6 Å². The number of rotatable bonds is 7. The van der Waals surface area contributed by atoms with Crippen LogP contribution in [0.4, 0.5) is 5.69 Å². The summed E-state index contributed by atoms with van der Waals surface area (Å²) >= 11 is 0. The van der Waals surface area contributed by atoms with Gasteiger partial charge in [0, 0.05) is 31.7 Å². The average Bonchev–Trinajstić information content (AvgIpc) is 2.71. The first-order valence-electron chi connectivity index (χ1n) is 10.1. The molecule has 1 heterocycles. The molecule has 0 radical (unpaired) electrons. The van der Waals surface area contributed by atoms with Gasteiger partial charge >= 0.3 is 5.97 Å². The Labute approximate surface area is 190 Å². The highest BCUT2D eigenvalue weighted by atomic mass is 127. The Morgan fingerprint density at radius 3 is 2.59 bits per heavy atom. The molecular formula is C21H33IN4O3. The van der Waals surface area contributed by atoms with Gasteiger partial charge < -0.3 is 20.3 Å². The number of esters is 1. The number of methoxy groups -OCH3 is 1. The van der Waals surface area contributed by atoms with E-state index in [-0.39, 0.29) is 41.8 Å². The molecule has 1 aliphatic heterocycles. The van der Waals surface area contributed by atoms with Crippen LogP contribution >= 0.6 is 24.0 Å². The first-order chi connectivity index (χ1) is 13.6. The molecule has 0 saturated carbocycles. The van der Waals surface area contributed by atoms with Crippen molar-refractivity contribution in [1.29, 1.82) is 0 Å². The summed E-state index contributed by atoms with van der Waals surface area (Å²) in [5, 5.41) is 6.26. The van der Waals surface area contributed by atoms with Gasteiger partial charge in [-0.25, -0.2) is 4.99 Å². The summed E-state index contributed by atoms with van der Waals surface area (Å²) in [6, 6.07) is 7.79. The number of carbonyl (C=O) groups excluding carboxylic acids is 2. The number of nitrogens with zero attached hydrogens (tertiary/aromatic N) is 2. The quantitative estimate of drug-likeness (QED) is 0.251. The second-order valence-electron chi connectivity index (χ2n) is 6.95. The zero-order valence-electron chi connectivity index (χ0n) is 17.6. The maximum atomic E-state index is 11.8. The molecule has 29 heavy (non-hydrogen) atoms. The summed E-state index contributed by atoms with van der Waals surface area (Å²) in [6.45, 7) is 6.89. The van der Waals surface area contributed by atoms with Crippen LogP contribution in [0.25, 0.3) is 0 Å². The van der Waals surface area contributed by atoms with Crippen LogP contribution in [0.5, 0.6) is 0 Å². The highest BCUT2D eigenvalue weighted by Gasteiger charge is 2.26. The van der Waals surface area contributed by atoms with Crippen molar-refractivity contribution >= 4 is 47.5 Å². The summed E-state index contributed by atoms with van der Waals surface area (Å²) in [4.78, 5) is 30.4. The van der Waals surface area contributed by atoms with E-state index >= 15 is 0 Å². The van der Waals surface area contributed by atoms with Crippen LogP contribution in [0, 0.1) is 5.92 Å². The van der Waals surface area contributed by atoms with E-state index in [9.17, 15) is 9.59 Å². The van der Waals surface area contributed by atoms with Crippen LogP contribution in [0.15, 0.2) is 29.3 Å². The van der Waals surface area contributed by atoms with Crippen molar-refractivity contribution in [3.05, 3.63) is 29.8 Å². The zero-order chi connectivity index (χ0) is 20.4. The Bertz CT molecular complexity index is 688. The third-order valence-corrected chi connectivity index (χ3v) is 4.76. The number of guanidine groups is 1. The molecule has 8 heteroatoms. The van der Waals surface area contributed by atoms with Crippen LogP contribution in [-0.2, 0) is 20.9 Å². The Morgan fingerprint density at radius 2 is 1.97 bits per heavy atom. The largest absolute Gasteiger partial charge is 0.469 e. The van der Waals surface area contributed by atoms with Crippen molar-refractivity contribution in [2.24, 2.45) is 10.9 Å². The summed E-state index contributed by atoms with van der Waals surface area (Å²) < 4.78 is 4.86. The van der Waals surface area contributed by atoms with Crippen molar-refractivity contribution in [2.75, 3.05) is 32.1 Å². The monoisotopic (exact) mass is 516 g/mol. The van der Waals surface area contributed by atoms with E-state index in [0.717, 1.165) is 56.1 Å². The van der Waals surface area contributed by atoms with Gasteiger partial charge in [0.1, 0.15) is 0 Å². The Hall–Kier alpha value is -1.84. The second-order valence-corrected chi connectivity index (χ2v) is 6.95. The molecule has 1 saturated heterocycles. The molecule has 1 aromatic rings. The van der Waals surface area contributed by atoms with Gasteiger partial charge in [-0.15, -0.1) is 24.0 Å². The van der Waals surface area contributed by atoms with Gasteiger partial charge in [0.2, 0.25) is 5.91 Å². The average molecular weight is 516 g/mol. The minimum atomic E-state index is -0.122. The number of amides is 1. The molecule has 162 valence electrons. The maximum Gasteiger partial charge on any atom is 0.308 e. The SMILES string of the molecule is CCCC(=O)Nc1cccc(CN=C(NCC)N2CCC(C(=O)OC)CC2)c1.I. The summed E-state index contributed by atoms with van der Waals surface area (Å²) in [5.41, 5.74) is 1.84. The van der Waals surface area contributed by atoms with Crippen molar-refractivity contribution in [2.45, 2.75) is 46.1 Å². The first kappa shape index (κ1) is 25.2. The number of nitrogens with one attached hydrogen (secondary N) is 2. The van der Waals surface area contributed by atoms with Crippen LogP contribution in [0.3, 0.4) is 0 Å². The summed E-state index contributed by atoms with van der Waals surface area (Å²) in [5.74, 6) is 0.743. The summed E-state index contributed by atoms with van der Waals surface area (Å²) in [6.07, 6.45) is 2.90. The van der Waals surface area contributed by atoms with E-state index < -0.39 is 0 Å². The van der Waals surface area contributed by atoms with Gasteiger partial charge in [-0.1, -0.05) is 19.1 Å². The molecule has 1 fully saturated rings. The van der Waals surface area contributed by atoms with Crippen molar-refractivity contribution in [1.82, 2.24) is 10.2 Å². The predicted molar refractivity (Wildman–Crippen MR) is 127 cm³/mol. The van der Waals surface area contributed by atoms with E-state index in [0.29, 0.717) is 13.0 Å². The van der Waals surface area contributed by atoms with Crippen molar-refractivity contribution in [3.8, 4) is 0 Å². The first-order valence-corrected chi connectivity index (χ1v) is 10.1. The summed E-state index contributed by atoms with van der Waals surface area (Å²) in [7, 11) is 1.44. The number of carbonyl (C=O) groups is 2. The molecule has 1 aromatic carbocycles. The number of hydrogen-bond acceptors (Lipinski definition) is 4. The van der Waals surface area contributed by atoms with E-state index in [1.165, 1.54) is 7.11 Å². The number of likely N-dealkylation sites (tertiary alicyclic amines) is 1. The number of halogens is 1. The lowest BCUT2D eigenvalue weighted by atomic mass is 9.97. The Morgan fingerprint density at radius 1 is 1.24 bits per heavy atom. The molecule has 0 atom stereocenters. The molecule has 1 aliphatic rings. The molecule has 1 amide bonds. The predicted octanol–water partition coefficient (Wildman–Crippen LogP) is 3.39. The fourth-order valence-electron chi connectivity index (χ4n) is 3.28. The normalized spacial score (nSPS) is 14.7. The minimum absolute atomic E-state index is 0. The van der Waals surface area contributed by atoms with Crippen molar-refractivity contribution in [3.63, 3.8) is 0 Å². The van der Waals surface area contributed by atoms with Crippen molar-refractivity contribution < 1.29 is 14.3 Å². The third kappa shape index (κ3) is 8.20. The highest BCUT2D eigenvalue weighted by Crippen LogP contribution is 2.19. The van der Waals surface area contributed by atoms with Crippen LogP contribution in [0.1, 0.15) is 45.1 Å². The topological polar surface area (TPSA) is 83.0 Å². The molecule has 2 rings (SSSR count). The fraction of sp³-hybridized carbons (Fsp3) is 0.571. The second kappa shape index (κ2) is 13.4. The minimum Gasteiger partial charge on any atom is -0.469 e. The van der Waals surface area contributed by atoms with E-state index in [1.54, 1.807) is 0 Å². The van der Waals surface area contributed by atoms with Crippen LogP contribution in [-0.4, -0.2) is 49.5 Å². The lowest BCUT2D eigenvalue weighted by Crippen LogP contribution is -2.46. The van der Waals surface area contributed by atoms with Gasteiger partial charge in [-0.05, 0) is 43.9 Å². The fourth-order valence-corrected chi connectivity index (χ4v) is 3.28. The third-order valence-electron chi connectivity index (χ3n) is 4.76. The van der Waals surface area contributed by atoms with Gasteiger partial charge in [-0.3, -0.25) is 9.59 Å². The molecule has 0 spiro atoms. The molecule has 7 nitrogen and oxygen atoms in total. The van der Waals surface area contributed by atoms with Crippen LogP contribution in [0.2, 0.25) is 0 Å². The number of piperidine rings is 1. The van der Waals surface area contributed by atoms with Crippen LogP contribution < -0.4 is 10.6 Å². The number of anilines is 1. The van der Waals surface area contributed by atoms with E-state index in [4.69, 9.17) is 9.73 Å². The molecule has 0 bridgehead atoms. The standard InChI is InChI=1S/C21H32N4O3.HI/c1-4-7-19(26)24-18-9-6-8-16(14-18)15-23-21(22-5-2)25-12-10-17(11-13-25)20(27)28-3;/h6,8-9,14,17H,4-5,7,10-13,15H2,1-3H3,(H,22,23)(H,24,26);1H. The Kier molecular flexibility index (Phi) is 11.6. The smallest absolute Gasteiger partial charge is 0.308 e. The highest BCUT2D eigenvalue weighted by molar-refractivity contribution is 14.0. The molecule has 2 N–H and O–H groups in total. The number of hydrogen-bond donors (Lipinski definition) is 2. The molecule has 0 aliphatic carbocycles. The number of ether oxygens (including phenoxy) is 1. The molecule has 0 aromatic heterocycles. The lowest BCUT2D eigenvalue weighted by Gasteiger charge is -2.33. The van der Waals surface area contributed by atoms with E-state index in [2.05, 4.69) is 15.5 Å². The molecular weight excluding hydrogens is 483 g/mol. The molecule has 0 unspecified atom stereocenters. The van der Waals surface area contributed by atoms with Gasteiger partial charge in [-0.2, -0.15) is 0 Å². The lowest BCUT2D eigenvalue weighted by molar-refractivity contribution is -0.146. The number of aliphatic imine (C=N–C) groups is 1. The zero-order valence-corrected chi connectivity index (χ0v) is 19.9. The van der Waals surface area contributed by atoms with Gasteiger partial charge in [0.25, 0.3) is 0 Å². The van der Waals surface area contributed by atoms with Gasteiger partial charge in [0.15, 0.2) is 5.96 Å². The Balaban J connectivity index is 0.00000420. The number of benzene rings is 1.